The highest BCUT2D eigenvalue weighted by Crippen LogP contribution is 2.41. The molecule has 0 amide bonds. The van der Waals surface area contributed by atoms with Crippen LogP contribution in [0.1, 0.15) is 27.4 Å². The van der Waals surface area contributed by atoms with E-state index in [4.69, 9.17) is 32.4 Å². The Morgan fingerprint density at radius 3 is 2.49 bits per heavy atom. The van der Waals surface area contributed by atoms with Gasteiger partial charge in [0.25, 0.3) is 0 Å². The van der Waals surface area contributed by atoms with Crippen LogP contribution in [-0.2, 0) is 12.7 Å². The molecule has 0 aliphatic carbocycles. The van der Waals surface area contributed by atoms with Crippen molar-refractivity contribution in [2.45, 2.75) is 12.7 Å². The van der Waals surface area contributed by atoms with E-state index in [1.807, 2.05) is 0 Å². The number of benzene rings is 3. The zero-order valence-electron chi connectivity index (χ0n) is 19.1. The summed E-state index contributed by atoms with van der Waals surface area (Å²) in [5, 5.41) is 0.605. The van der Waals surface area contributed by atoms with Crippen molar-refractivity contribution >= 4 is 39.9 Å². The van der Waals surface area contributed by atoms with Crippen LogP contribution in [0.2, 0.25) is 10.0 Å². The molecule has 0 aliphatic heterocycles. The smallest absolute Gasteiger partial charge is 0.432 e. The lowest BCUT2D eigenvalue weighted by Gasteiger charge is -2.15. The number of fused-ring (bicyclic) bond motifs is 1. The van der Waals surface area contributed by atoms with E-state index in [0.717, 1.165) is 10.8 Å². The zero-order valence-corrected chi connectivity index (χ0v) is 20.7. The topological polar surface area (TPSA) is 57.3 Å². The number of oxazole rings is 1. The van der Waals surface area contributed by atoms with E-state index in [1.54, 1.807) is 36.4 Å². The van der Waals surface area contributed by atoms with Crippen molar-refractivity contribution in [3.05, 3.63) is 106 Å². The molecular formula is C27H17Cl2F3N2O3. The third kappa shape index (κ3) is 4.70. The van der Waals surface area contributed by atoms with Crippen LogP contribution in [0.4, 0.5) is 13.2 Å². The number of ether oxygens (including phenoxy) is 1. The van der Waals surface area contributed by atoms with E-state index in [1.165, 1.54) is 37.4 Å². The highest BCUT2D eigenvalue weighted by Gasteiger charge is 2.42. The van der Waals surface area contributed by atoms with Crippen LogP contribution in [0.15, 0.2) is 77.3 Å². The number of halogens is 5. The normalized spacial score (nSPS) is 11.7. The molecule has 0 unspecified atom stereocenters. The van der Waals surface area contributed by atoms with Gasteiger partial charge in [0.2, 0.25) is 11.7 Å². The third-order valence-electron chi connectivity index (χ3n) is 5.86. The second kappa shape index (κ2) is 9.61. The average molecular weight is 545 g/mol. The maximum Gasteiger partial charge on any atom is 0.432 e. The Bertz CT molecular complexity index is 1630. The molecule has 37 heavy (non-hydrogen) atoms. The number of alkyl halides is 3. The van der Waals surface area contributed by atoms with E-state index in [0.29, 0.717) is 21.9 Å². The van der Waals surface area contributed by atoms with Gasteiger partial charge in [0.15, 0.2) is 5.76 Å². The van der Waals surface area contributed by atoms with Crippen LogP contribution >= 0.6 is 23.2 Å². The molecule has 3 aromatic carbocycles. The van der Waals surface area contributed by atoms with Gasteiger partial charge in [-0.05, 0) is 48.0 Å². The Morgan fingerprint density at radius 2 is 1.81 bits per heavy atom. The van der Waals surface area contributed by atoms with E-state index in [2.05, 4.69) is 4.98 Å². The molecule has 0 N–H and O–H groups in total. The molecule has 0 spiro atoms. The van der Waals surface area contributed by atoms with Crippen molar-refractivity contribution in [3.63, 3.8) is 0 Å². The average Bonchev–Trinajstić information content (AvgIpc) is 3.49. The van der Waals surface area contributed by atoms with Crippen LogP contribution in [0, 0.1) is 0 Å². The van der Waals surface area contributed by atoms with Gasteiger partial charge in [-0.3, -0.25) is 4.79 Å². The number of rotatable bonds is 6. The molecular weight excluding hydrogens is 528 g/mol. The molecule has 5 aromatic rings. The maximum absolute atomic E-state index is 14.6. The van der Waals surface area contributed by atoms with Gasteiger partial charge in [0, 0.05) is 33.1 Å². The number of nitrogens with zero attached hydrogens (tertiary/aromatic N) is 2. The van der Waals surface area contributed by atoms with Gasteiger partial charge in [0.1, 0.15) is 11.4 Å². The largest absolute Gasteiger partial charge is 0.497 e. The number of hydrogen-bond donors (Lipinski definition) is 0. The first kappa shape index (κ1) is 24.9. The summed E-state index contributed by atoms with van der Waals surface area (Å²) in [5.74, 6) is -0.872. The highest BCUT2D eigenvalue weighted by molar-refractivity contribution is 6.35. The van der Waals surface area contributed by atoms with Crippen molar-refractivity contribution in [3.8, 4) is 17.2 Å². The Morgan fingerprint density at radius 1 is 1.05 bits per heavy atom. The molecule has 2 aromatic heterocycles. The lowest BCUT2D eigenvalue weighted by atomic mass is 10.0. The summed E-state index contributed by atoms with van der Waals surface area (Å²) in [6.45, 7) is -0.257. The van der Waals surface area contributed by atoms with Crippen molar-refractivity contribution in [2.24, 2.45) is 0 Å². The van der Waals surface area contributed by atoms with Gasteiger partial charge in [-0.2, -0.15) is 13.2 Å². The monoisotopic (exact) mass is 544 g/mol. The van der Waals surface area contributed by atoms with Gasteiger partial charge in [-0.1, -0.05) is 47.5 Å². The minimum atomic E-state index is -4.89. The summed E-state index contributed by atoms with van der Waals surface area (Å²) < 4.78 is 55.8. The first-order valence-corrected chi connectivity index (χ1v) is 11.7. The molecule has 10 heteroatoms. The molecule has 0 radical (unpaired) electrons. The zero-order chi connectivity index (χ0) is 26.3. The molecule has 0 saturated carbocycles. The van der Waals surface area contributed by atoms with Gasteiger partial charge < -0.3 is 13.7 Å². The van der Waals surface area contributed by atoms with Crippen molar-refractivity contribution in [1.29, 1.82) is 0 Å². The number of methoxy groups -OCH3 is 1. The van der Waals surface area contributed by atoms with Crippen LogP contribution < -0.4 is 4.74 Å². The summed E-state index contributed by atoms with van der Waals surface area (Å²) in [6, 6.07) is 17.7. The van der Waals surface area contributed by atoms with Crippen LogP contribution in [0.5, 0.6) is 5.75 Å². The number of carbonyl (C=O) groups is 1. The molecule has 188 valence electrons. The number of aromatic nitrogens is 2. The molecule has 0 fully saturated rings. The van der Waals surface area contributed by atoms with Crippen molar-refractivity contribution in [2.75, 3.05) is 7.11 Å². The Kier molecular flexibility index (Phi) is 6.47. The van der Waals surface area contributed by atoms with Gasteiger partial charge in [0.05, 0.1) is 18.9 Å². The summed E-state index contributed by atoms with van der Waals surface area (Å²) in [5.41, 5.74) is -0.551. The van der Waals surface area contributed by atoms with E-state index in [9.17, 15) is 18.0 Å². The first-order chi connectivity index (χ1) is 17.7. The van der Waals surface area contributed by atoms with E-state index in [-0.39, 0.29) is 34.1 Å². The summed E-state index contributed by atoms with van der Waals surface area (Å²) in [4.78, 5) is 17.7. The Labute approximate surface area is 219 Å². The molecule has 0 saturated heterocycles. The number of carbonyl (C=O) groups excluding carboxylic acids is 1. The third-order valence-corrected chi connectivity index (χ3v) is 6.45. The quantitative estimate of drug-likeness (QED) is 0.204. The Balaban J connectivity index is 1.73. The van der Waals surface area contributed by atoms with Crippen molar-refractivity contribution < 1.29 is 27.1 Å². The SMILES string of the molecule is COc1ccc2c(c1)c(C(=O)c1cnc(-c3ccccc3)o1)c(C(F)(F)F)n2Cc1ccc(Cl)cc1Cl. The number of ketones is 1. The second-order valence-corrected chi connectivity index (χ2v) is 8.99. The fourth-order valence-corrected chi connectivity index (χ4v) is 4.65. The molecule has 5 nitrogen and oxygen atoms in total. The minimum Gasteiger partial charge on any atom is -0.497 e. The summed E-state index contributed by atoms with van der Waals surface area (Å²) >= 11 is 12.2. The van der Waals surface area contributed by atoms with Crippen LogP contribution in [0.25, 0.3) is 22.4 Å². The first-order valence-electron chi connectivity index (χ1n) is 10.9. The maximum atomic E-state index is 14.6. The fraction of sp³-hybridized carbons (Fsp3) is 0.111. The van der Waals surface area contributed by atoms with Gasteiger partial charge in [-0.15, -0.1) is 0 Å². The fourth-order valence-electron chi connectivity index (χ4n) is 4.19. The summed E-state index contributed by atoms with van der Waals surface area (Å²) in [6.07, 6.45) is -3.76. The molecule has 5 rings (SSSR count). The molecule has 2 heterocycles. The van der Waals surface area contributed by atoms with Gasteiger partial charge >= 0.3 is 6.18 Å². The lowest BCUT2D eigenvalue weighted by molar-refractivity contribution is -0.143. The molecule has 0 aliphatic rings. The Hall–Kier alpha value is -3.75. The molecule has 0 atom stereocenters. The standard InChI is InChI=1S/C27H17Cl2F3N2O3/c1-36-18-9-10-21-19(12-18)23(24(35)22-13-33-26(37-22)15-5-3-2-4-6-15)25(27(30,31)32)34(21)14-16-7-8-17(28)11-20(16)29/h2-13H,14H2,1H3. The van der Waals surface area contributed by atoms with E-state index >= 15 is 0 Å². The van der Waals surface area contributed by atoms with E-state index < -0.39 is 23.2 Å². The van der Waals surface area contributed by atoms with Crippen LogP contribution in [-0.4, -0.2) is 22.4 Å². The van der Waals surface area contributed by atoms with Gasteiger partial charge in [-0.25, -0.2) is 4.98 Å². The summed E-state index contributed by atoms with van der Waals surface area (Å²) in [7, 11) is 1.39. The second-order valence-electron chi connectivity index (χ2n) is 8.15. The molecule has 0 bridgehead atoms. The predicted octanol–water partition coefficient (Wildman–Crippen LogP) is 7.91. The predicted molar refractivity (Wildman–Crippen MR) is 134 cm³/mol. The lowest BCUT2D eigenvalue weighted by Crippen LogP contribution is -2.18. The van der Waals surface area contributed by atoms with Crippen LogP contribution in [0.3, 0.4) is 0 Å². The number of hydrogen-bond acceptors (Lipinski definition) is 4. The van der Waals surface area contributed by atoms with Crippen molar-refractivity contribution in [1.82, 2.24) is 9.55 Å². The minimum absolute atomic E-state index is 0.0550. The highest BCUT2D eigenvalue weighted by atomic mass is 35.5.